The van der Waals surface area contributed by atoms with E-state index in [1.165, 1.54) is 4.88 Å². The standard InChI is InChI=1S/C17H17N5OS/c1-4-15(23-7-1)16-13(14-11-18-5-6-19-14)10-21-17(22-16)20-9-12-3-2-8-24-12/h2-3,5-6,8,10-11,15H,1,4,7,9H2,(H,20,21,22)/t15-/m1/s1. The van der Waals surface area contributed by atoms with Crippen LogP contribution in [0.2, 0.25) is 0 Å². The Morgan fingerprint density at radius 1 is 1.25 bits per heavy atom. The third-order valence-electron chi connectivity index (χ3n) is 3.89. The molecule has 7 heteroatoms. The number of ether oxygens (including phenoxy) is 1. The minimum atomic E-state index is -0.00714. The van der Waals surface area contributed by atoms with Gasteiger partial charge in [0, 0.05) is 35.6 Å². The number of nitrogens with zero attached hydrogens (tertiary/aromatic N) is 4. The summed E-state index contributed by atoms with van der Waals surface area (Å²) >= 11 is 1.71. The highest BCUT2D eigenvalue weighted by Gasteiger charge is 2.24. The van der Waals surface area contributed by atoms with Crippen molar-refractivity contribution in [3.63, 3.8) is 0 Å². The third kappa shape index (κ3) is 3.27. The van der Waals surface area contributed by atoms with Crippen LogP contribution in [0.4, 0.5) is 5.95 Å². The average molecular weight is 339 g/mol. The van der Waals surface area contributed by atoms with E-state index in [2.05, 4.69) is 31.7 Å². The Kier molecular flexibility index (Phi) is 4.44. The largest absolute Gasteiger partial charge is 0.372 e. The van der Waals surface area contributed by atoms with Gasteiger partial charge in [-0.1, -0.05) is 6.07 Å². The van der Waals surface area contributed by atoms with Gasteiger partial charge in [-0.05, 0) is 24.3 Å². The van der Waals surface area contributed by atoms with Gasteiger partial charge in [-0.15, -0.1) is 11.3 Å². The van der Waals surface area contributed by atoms with Gasteiger partial charge < -0.3 is 10.1 Å². The Bertz CT molecular complexity index is 788. The lowest BCUT2D eigenvalue weighted by Gasteiger charge is -2.15. The zero-order valence-electron chi connectivity index (χ0n) is 13.1. The van der Waals surface area contributed by atoms with E-state index in [0.29, 0.717) is 12.5 Å². The van der Waals surface area contributed by atoms with E-state index in [1.807, 2.05) is 12.3 Å². The van der Waals surface area contributed by atoms with Gasteiger partial charge in [0.25, 0.3) is 0 Å². The molecule has 0 amide bonds. The average Bonchev–Trinajstić information content (AvgIpc) is 3.34. The van der Waals surface area contributed by atoms with Gasteiger partial charge in [-0.3, -0.25) is 9.97 Å². The maximum Gasteiger partial charge on any atom is 0.223 e. The first-order valence-corrected chi connectivity index (χ1v) is 8.79. The molecule has 3 aromatic heterocycles. The van der Waals surface area contributed by atoms with Crippen molar-refractivity contribution >= 4 is 17.3 Å². The minimum Gasteiger partial charge on any atom is -0.372 e. The fourth-order valence-electron chi connectivity index (χ4n) is 2.73. The van der Waals surface area contributed by atoms with Crippen LogP contribution in [0, 0.1) is 0 Å². The molecule has 0 bridgehead atoms. The summed E-state index contributed by atoms with van der Waals surface area (Å²) in [6, 6.07) is 4.13. The van der Waals surface area contributed by atoms with Crippen molar-refractivity contribution in [3.05, 3.63) is 52.9 Å². The van der Waals surface area contributed by atoms with Crippen LogP contribution in [0.5, 0.6) is 0 Å². The van der Waals surface area contributed by atoms with Crippen molar-refractivity contribution < 1.29 is 4.74 Å². The van der Waals surface area contributed by atoms with E-state index in [-0.39, 0.29) is 6.10 Å². The summed E-state index contributed by atoms with van der Waals surface area (Å²) in [5.74, 6) is 0.613. The first-order chi connectivity index (χ1) is 11.9. The number of hydrogen-bond donors (Lipinski definition) is 1. The Morgan fingerprint density at radius 3 is 3.00 bits per heavy atom. The van der Waals surface area contributed by atoms with E-state index in [9.17, 15) is 0 Å². The molecule has 6 nitrogen and oxygen atoms in total. The van der Waals surface area contributed by atoms with Crippen LogP contribution in [0.25, 0.3) is 11.3 Å². The highest BCUT2D eigenvalue weighted by atomic mass is 32.1. The second-order valence-corrected chi connectivity index (χ2v) is 6.55. The molecule has 1 aliphatic heterocycles. The third-order valence-corrected chi connectivity index (χ3v) is 4.77. The summed E-state index contributed by atoms with van der Waals surface area (Å²) in [6.45, 7) is 1.49. The molecule has 0 radical (unpaired) electrons. The lowest BCUT2D eigenvalue weighted by molar-refractivity contribution is 0.109. The SMILES string of the molecule is c1csc(CNc2ncc(-c3cnccn3)c([C@H]3CCCO3)n2)c1. The summed E-state index contributed by atoms with van der Waals surface area (Å²) in [7, 11) is 0. The van der Waals surface area contributed by atoms with Gasteiger partial charge in [0.2, 0.25) is 5.95 Å². The lowest BCUT2D eigenvalue weighted by Crippen LogP contribution is -2.09. The molecule has 24 heavy (non-hydrogen) atoms. The number of aromatic nitrogens is 4. The zero-order valence-corrected chi connectivity index (χ0v) is 13.9. The minimum absolute atomic E-state index is 0.00714. The molecule has 1 N–H and O–H groups in total. The lowest BCUT2D eigenvalue weighted by atomic mass is 10.1. The van der Waals surface area contributed by atoms with E-state index in [4.69, 9.17) is 9.72 Å². The summed E-state index contributed by atoms with van der Waals surface area (Å²) in [5.41, 5.74) is 2.54. The molecular formula is C17H17N5OS. The van der Waals surface area contributed by atoms with Crippen molar-refractivity contribution in [1.29, 1.82) is 0 Å². The molecule has 122 valence electrons. The summed E-state index contributed by atoms with van der Waals surface area (Å²) < 4.78 is 5.84. The molecule has 4 rings (SSSR count). The Morgan fingerprint density at radius 2 is 2.25 bits per heavy atom. The molecule has 4 heterocycles. The Hall–Kier alpha value is -2.38. The predicted molar refractivity (Wildman–Crippen MR) is 92.6 cm³/mol. The van der Waals surface area contributed by atoms with Gasteiger partial charge in [0.15, 0.2) is 0 Å². The van der Waals surface area contributed by atoms with E-state index < -0.39 is 0 Å². The van der Waals surface area contributed by atoms with Crippen molar-refractivity contribution in [1.82, 2.24) is 19.9 Å². The molecule has 0 aromatic carbocycles. The number of thiophene rings is 1. The molecule has 1 aliphatic rings. The first-order valence-electron chi connectivity index (χ1n) is 7.91. The molecule has 0 saturated carbocycles. The summed E-state index contributed by atoms with van der Waals surface area (Å²) in [6.07, 6.45) is 8.89. The summed E-state index contributed by atoms with van der Waals surface area (Å²) in [5, 5.41) is 5.35. The highest BCUT2D eigenvalue weighted by molar-refractivity contribution is 7.09. The van der Waals surface area contributed by atoms with Crippen molar-refractivity contribution in [2.75, 3.05) is 11.9 Å². The van der Waals surface area contributed by atoms with Gasteiger partial charge in [-0.2, -0.15) is 0 Å². The number of anilines is 1. The molecule has 1 atom stereocenters. The van der Waals surface area contributed by atoms with E-state index >= 15 is 0 Å². The van der Waals surface area contributed by atoms with Crippen molar-refractivity contribution in [2.45, 2.75) is 25.5 Å². The summed E-state index contributed by atoms with van der Waals surface area (Å²) in [4.78, 5) is 18.9. The van der Waals surface area contributed by atoms with E-state index in [0.717, 1.165) is 36.4 Å². The molecular weight excluding hydrogens is 322 g/mol. The smallest absolute Gasteiger partial charge is 0.223 e. The number of nitrogens with one attached hydrogen (secondary N) is 1. The van der Waals surface area contributed by atoms with Crippen LogP contribution in [-0.4, -0.2) is 26.5 Å². The molecule has 0 spiro atoms. The molecule has 0 unspecified atom stereocenters. The molecule has 3 aromatic rings. The second-order valence-electron chi connectivity index (χ2n) is 5.52. The molecule has 1 fully saturated rings. The fourth-order valence-corrected chi connectivity index (χ4v) is 3.38. The molecule has 1 saturated heterocycles. The quantitative estimate of drug-likeness (QED) is 0.767. The second kappa shape index (κ2) is 7.02. The maximum atomic E-state index is 5.84. The Balaban J connectivity index is 1.64. The van der Waals surface area contributed by atoms with Crippen LogP contribution in [0.1, 0.15) is 29.5 Å². The van der Waals surface area contributed by atoms with Crippen LogP contribution in [-0.2, 0) is 11.3 Å². The zero-order chi connectivity index (χ0) is 16.2. The van der Waals surface area contributed by atoms with Crippen LogP contribution in [0.15, 0.2) is 42.3 Å². The van der Waals surface area contributed by atoms with Gasteiger partial charge >= 0.3 is 0 Å². The maximum absolute atomic E-state index is 5.84. The molecule has 0 aliphatic carbocycles. The monoisotopic (exact) mass is 339 g/mol. The fraction of sp³-hybridized carbons (Fsp3) is 0.294. The van der Waals surface area contributed by atoms with Gasteiger partial charge in [0.05, 0.1) is 24.1 Å². The Labute approximate surface area is 144 Å². The number of rotatable bonds is 5. The topological polar surface area (TPSA) is 72.8 Å². The highest BCUT2D eigenvalue weighted by Crippen LogP contribution is 2.33. The van der Waals surface area contributed by atoms with Gasteiger partial charge in [0.1, 0.15) is 6.10 Å². The predicted octanol–water partition coefficient (Wildman–Crippen LogP) is 3.46. The van der Waals surface area contributed by atoms with Gasteiger partial charge in [-0.25, -0.2) is 9.97 Å². The normalized spacial score (nSPS) is 17.1. The number of hydrogen-bond acceptors (Lipinski definition) is 7. The van der Waals surface area contributed by atoms with Crippen molar-refractivity contribution in [2.24, 2.45) is 0 Å². The van der Waals surface area contributed by atoms with Crippen LogP contribution >= 0.6 is 11.3 Å². The van der Waals surface area contributed by atoms with Crippen LogP contribution in [0.3, 0.4) is 0 Å². The van der Waals surface area contributed by atoms with E-state index in [1.54, 1.807) is 29.9 Å². The van der Waals surface area contributed by atoms with Crippen molar-refractivity contribution in [3.8, 4) is 11.3 Å². The van der Waals surface area contributed by atoms with Crippen LogP contribution < -0.4 is 5.32 Å². The first kappa shape index (κ1) is 15.2.